The van der Waals surface area contributed by atoms with E-state index >= 15 is 0 Å². The number of piperazine rings is 1. The second-order valence-corrected chi connectivity index (χ2v) is 7.93. The van der Waals surface area contributed by atoms with E-state index in [1.165, 1.54) is 36.4 Å². The number of rotatable bonds is 5. The number of halogens is 2. The van der Waals surface area contributed by atoms with Crippen molar-refractivity contribution < 1.29 is 23.2 Å². The van der Waals surface area contributed by atoms with Gasteiger partial charge in [-0.25, -0.2) is 13.6 Å². The van der Waals surface area contributed by atoms with Crippen molar-refractivity contribution >= 4 is 23.5 Å². The molecule has 4 rings (SSSR count). The summed E-state index contributed by atoms with van der Waals surface area (Å²) in [6, 6.07) is 10.9. The van der Waals surface area contributed by atoms with Crippen LogP contribution in [0.15, 0.2) is 48.5 Å². The summed E-state index contributed by atoms with van der Waals surface area (Å²) in [6.07, 6.45) is 0.268. The number of amides is 4. The van der Waals surface area contributed by atoms with Gasteiger partial charge < -0.3 is 15.1 Å². The fraction of sp³-hybridized carbons (Fsp3) is 0.348. The molecular formula is C23H24F2N4O3. The smallest absolute Gasteiger partial charge is 0.325 e. The monoisotopic (exact) mass is 442 g/mol. The third kappa shape index (κ3) is 3.90. The quantitative estimate of drug-likeness (QED) is 0.723. The Hall–Kier alpha value is -3.49. The van der Waals surface area contributed by atoms with Crippen molar-refractivity contribution in [2.24, 2.45) is 0 Å². The number of anilines is 1. The number of nitrogens with zero attached hydrogens (tertiary/aromatic N) is 3. The van der Waals surface area contributed by atoms with E-state index in [1.54, 1.807) is 24.0 Å². The zero-order valence-corrected chi connectivity index (χ0v) is 17.7. The van der Waals surface area contributed by atoms with Gasteiger partial charge >= 0.3 is 6.03 Å². The predicted octanol–water partition coefficient (Wildman–Crippen LogP) is 2.47. The van der Waals surface area contributed by atoms with Crippen molar-refractivity contribution in [1.29, 1.82) is 0 Å². The molecule has 168 valence electrons. The molecule has 2 aromatic carbocycles. The maximum atomic E-state index is 13.3. The molecule has 0 bridgehead atoms. The number of carbonyl (C=O) groups excluding carboxylic acids is 3. The Morgan fingerprint density at radius 3 is 2.06 bits per heavy atom. The average molecular weight is 442 g/mol. The van der Waals surface area contributed by atoms with Crippen molar-refractivity contribution in [3.8, 4) is 0 Å². The summed E-state index contributed by atoms with van der Waals surface area (Å²) in [7, 11) is 0. The van der Waals surface area contributed by atoms with Crippen LogP contribution in [-0.2, 0) is 15.1 Å². The Labute approximate surface area is 184 Å². The highest BCUT2D eigenvalue weighted by Crippen LogP contribution is 2.32. The lowest BCUT2D eigenvalue weighted by molar-refractivity contribution is -0.139. The Morgan fingerprint density at radius 1 is 0.938 bits per heavy atom. The van der Waals surface area contributed by atoms with Gasteiger partial charge in [-0.3, -0.25) is 14.5 Å². The van der Waals surface area contributed by atoms with Gasteiger partial charge in [0, 0.05) is 31.9 Å². The molecule has 2 heterocycles. The lowest BCUT2D eigenvalue weighted by Gasteiger charge is -2.36. The Morgan fingerprint density at radius 2 is 1.50 bits per heavy atom. The first-order valence-electron chi connectivity index (χ1n) is 10.5. The fourth-order valence-corrected chi connectivity index (χ4v) is 4.24. The number of hydrogen-bond acceptors (Lipinski definition) is 4. The number of carbonyl (C=O) groups is 3. The zero-order valence-electron chi connectivity index (χ0n) is 17.7. The first-order chi connectivity index (χ1) is 15.3. The number of nitrogens with one attached hydrogen (secondary N) is 1. The summed E-state index contributed by atoms with van der Waals surface area (Å²) in [5.41, 5.74) is 0.0361. The Bertz CT molecular complexity index is 1020. The normalized spacial score (nSPS) is 21.2. The third-order valence-electron chi connectivity index (χ3n) is 6.16. The van der Waals surface area contributed by atoms with Crippen molar-refractivity contribution in [2.45, 2.75) is 18.9 Å². The van der Waals surface area contributed by atoms with E-state index in [4.69, 9.17) is 0 Å². The standard InChI is InChI=1S/C23H24F2N4O3/c1-2-23(16-3-5-17(24)6-4-16)21(31)29(22(32)26-23)15-20(30)28-13-11-27(12-14-28)19-9-7-18(25)8-10-19/h3-10H,2,11-15H2,1H3,(H,26,32). The lowest BCUT2D eigenvalue weighted by Crippen LogP contribution is -2.52. The highest BCUT2D eigenvalue weighted by atomic mass is 19.1. The van der Waals surface area contributed by atoms with Gasteiger partial charge in [-0.15, -0.1) is 0 Å². The fourth-order valence-electron chi connectivity index (χ4n) is 4.24. The van der Waals surface area contributed by atoms with Crippen LogP contribution in [0.5, 0.6) is 0 Å². The summed E-state index contributed by atoms with van der Waals surface area (Å²) < 4.78 is 26.5. The molecule has 0 saturated carbocycles. The molecule has 1 N–H and O–H groups in total. The van der Waals surface area contributed by atoms with Gasteiger partial charge in [0.25, 0.3) is 5.91 Å². The van der Waals surface area contributed by atoms with E-state index in [9.17, 15) is 23.2 Å². The molecule has 2 fully saturated rings. The van der Waals surface area contributed by atoms with Gasteiger partial charge in [0.2, 0.25) is 5.91 Å². The molecule has 0 radical (unpaired) electrons. The molecule has 32 heavy (non-hydrogen) atoms. The van der Waals surface area contributed by atoms with E-state index < -0.39 is 23.3 Å². The van der Waals surface area contributed by atoms with E-state index in [0.717, 1.165) is 10.6 Å². The molecule has 0 aliphatic carbocycles. The Kier molecular flexibility index (Phi) is 5.82. The van der Waals surface area contributed by atoms with Crippen LogP contribution in [0, 0.1) is 11.6 Å². The zero-order chi connectivity index (χ0) is 22.9. The molecule has 1 atom stereocenters. The predicted molar refractivity (Wildman–Crippen MR) is 114 cm³/mol. The van der Waals surface area contributed by atoms with Gasteiger partial charge in [-0.05, 0) is 48.4 Å². The van der Waals surface area contributed by atoms with Crippen LogP contribution in [0.25, 0.3) is 0 Å². The first kappa shape index (κ1) is 21.7. The van der Waals surface area contributed by atoms with Crippen LogP contribution in [0.2, 0.25) is 0 Å². The van der Waals surface area contributed by atoms with Crippen LogP contribution >= 0.6 is 0 Å². The molecule has 0 aromatic heterocycles. The van der Waals surface area contributed by atoms with Crippen LogP contribution < -0.4 is 10.2 Å². The summed E-state index contributed by atoms with van der Waals surface area (Å²) in [4.78, 5) is 43.2. The second-order valence-electron chi connectivity index (χ2n) is 7.93. The van der Waals surface area contributed by atoms with Gasteiger partial charge in [0.15, 0.2) is 0 Å². The maximum absolute atomic E-state index is 13.3. The summed E-state index contributed by atoms with van der Waals surface area (Å²) in [5.74, 6) is -1.59. The largest absolute Gasteiger partial charge is 0.368 e. The van der Waals surface area contributed by atoms with E-state index in [-0.39, 0.29) is 24.7 Å². The van der Waals surface area contributed by atoms with Crippen molar-refractivity contribution in [1.82, 2.24) is 15.1 Å². The minimum Gasteiger partial charge on any atom is -0.368 e. The topological polar surface area (TPSA) is 73.0 Å². The Balaban J connectivity index is 1.41. The molecule has 7 nitrogen and oxygen atoms in total. The molecule has 9 heteroatoms. The van der Waals surface area contributed by atoms with Crippen LogP contribution in [0.4, 0.5) is 19.3 Å². The summed E-state index contributed by atoms with van der Waals surface area (Å²) in [6.45, 7) is 3.37. The number of urea groups is 1. The van der Waals surface area contributed by atoms with Gasteiger partial charge in [-0.2, -0.15) is 0 Å². The molecular weight excluding hydrogens is 418 g/mol. The first-order valence-corrected chi connectivity index (χ1v) is 10.5. The van der Waals surface area contributed by atoms with Crippen LogP contribution in [0.3, 0.4) is 0 Å². The molecule has 0 spiro atoms. The maximum Gasteiger partial charge on any atom is 0.325 e. The van der Waals surface area contributed by atoms with Crippen molar-refractivity contribution in [3.05, 3.63) is 65.7 Å². The highest BCUT2D eigenvalue weighted by molar-refractivity contribution is 6.09. The second kappa shape index (κ2) is 8.57. The summed E-state index contributed by atoms with van der Waals surface area (Å²) in [5, 5.41) is 2.70. The van der Waals surface area contributed by atoms with Crippen LogP contribution in [-0.4, -0.2) is 60.4 Å². The number of benzene rings is 2. The van der Waals surface area contributed by atoms with E-state index in [1.807, 2.05) is 4.90 Å². The molecule has 2 aromatic rings. The summed E-state index contributed by atoms with van der Waals surface area (Å²) >= 11 is 0. The molecule has 2 aliphatic heterocycles. The average Bonchev–Trinajstić information content (AvgIpc) is 3.05. The third-order valence-corrected chi connectivity index (χ3v) is 6.16. The SMILES string of the molecule is CCC1(c2ccc(F)cc2)NC(=O)N(CC(=O)N2CCN(c3ccc(F)cc3)CC2)C1=O. The molecule has 2 aliphatic rings. The molecule has 2 saturated heterocycles. The van der Waals surface area contributed by atoms with Gasteiger partial charge in [-0.1, -0.05) is 19.1 Å². The molecule has 1 unspecified atom stereocenters. The van der Waals surface area contributed by atoms with Gasteiger partial charge in [0.1, 0.15) is 23.7 Å². The highest BCUT2D eigenvalue weighted by Gasteiger charge is 2.51. The van der Waals surface area contributed by atoms with Gasteiger partial charge in [0.05, 0.1) is 0 Å². The van der Waals surface area contributed by atoms with Crippen molar-refractivity contribution in [3.63, 3.8) is 0 Å². The minimum atomic E-state index is -1.31. The van der Waals surface area contributed by atoms with Crippen molar-refractivity contribution in [2.75, 3.05) is 37.6 Å². The minimum absolute atomic E-state index is 0.268. The lowest BCUT2D eigenvalue weighted by atomic mass is 9.87. The van der Waals surface area contributed by atoms with E-state index in [2.05, 4.69) is 5.32 Å². The van der Waals surface area contributed by atoms with E-state index in [0.29, 0.717) is 31.7 Å². The number of hydrogen-bond donors (Lipinski definition) is 1. The van der Waals surface area contributed by atoms with Crippen LogP contribution in [0.1, 0.15) is 18.9 Å². The molecule has 4 amide bonds. The number of imide groups is 1.